The fourth-order valence-corrected chi connectivity index (χ4v) is 3.78. The Kier molecular flexibility index (Phi) is 6.38. The monoisotopic (exact) mass is 412 g/mol. The number of hydrogen-bond acceptors (Lipinski definition) is 5. The van der Waals surface area contributed by atoms with Gasteiger partial charge in [-0.2, -0.15) is 0 Å². The third-order valence-corrected chi connectivity index (χ3v) is 5.62. The highest BCUT2D eigenvalue weighted by molar-refractivity contribution is 5.97. The maximum absolute atomic E-state index is 13.3. The molecule has 1 aromatic carbocycles. The molecule has 1 aromatic heterocycles. The van der Waals surface area contributed by atoms with E-state index in [0.717, 1.165) is 38.1 Å². The maximum atomic E-state index is 13.3. The molecular formula is C23H28N2O5. The van der Waals surface area contributed by atoms with Gasteiger partial charge in [-0.1, -0.05) is 0 Å². The van der Waals surface area contributed by atoms with Gasteiger partial charge in [-0.3, -0.25) is 9.59 Å². The number of carbonyl (C=O) groups excluding carboxylic acids is 2. The molecule has 2 aromatic rings. The quantitative estimate of drug-likeness (QED) is 0.633. The number of carbonyl (C=O) groups is 2. The fraction of sp³-hybridized carbons (Fsp3) is 0.478. The number of amides is 2. The highest BCUT2D eigenvalue weighted by atomic mass is 16.5. The van der Waals surface area contributed by atoms with Crippen LogP contribution < -0.4 is 4.74 Å². The summed E-state index contributed by atoms with van der Waals surface area (Å²) in [7, 11) is 1.59. The van der Waals surface area contributed by atoms with Crippen LogP contribution in [0.4, 0.5) is 0 Å². The van der Waals surface area contributed by atoms with Crippen molar-refractivity contribution < 1.29 is 23.5 Å². The molecule has 7 heteroatoms. The van der Waals surface area contributed by atoms with Crippen molar-refractivity contribution in [3.63, 3.8) is 0 Å². The molecule has 2 aliphatic rings. The van der Waals surface area contributed by atoms with Crippen LogP contribution in [-0.4, -0.2) is 60.6 Å². The first-order valence-corrected chi connectivity index (χ1v) is 10.5. The number of benzene rings is 1. The number of nitrogens with zero attached hydrogens (tertiary/aromatic N) is 2. The van der Waals surface area contributed by atoms with E-state index in [4.69, 9.17) is 13.9 Å². The van der Waals surface area contributed by atoms with Crippen molar-refractivity contribution in [2.24, 2.45) is 0 Å². The van der Waals surface area contributed by atoms with Gasteiger partial charge in [0.15, 0.2) is 0 Å². The summed E-state index contributed by atoms with van der Waals surface area (Å²) in [4.78, 5) is 29.8. The third kappa shape index (κ3) is 5.02. The van der Waals surface area contributed by atoms with E-state index in [0.29, 0.717) is 24.4 Å². The number of methoxy groups -OCH3 is 1. The molecular weight excluding hydrogens is 384 g/mol. The Balaban J connectivity index is 1.46. The van der Waals surface area contributed by atoms with Crippen molar-refractivity contribution in [1.82, 2.24) is 9.80 Å². The molecule has 0 radical (unpaired) electrons. The SMILES string of the molecule is COc1ccc(C(=O)N(CC(=O)N(Cc2ccco2)C[C@@H]2CCCO2)C2CC2)cc1. The zero-order valence-electron chi connectivity index (χ0n) is 17.3. The molecule has 1 aliphatic carbocycles. The van der Waals surface area contributed by atoms with E-state index in [9.17, 15) is 9.59 Å². The third-order valence-electron chi connectivity index (χ3n) is 5.62. The molecule has 0 spiro atoms. The van der Waals surface area contributed by atoms with Gasteiger partial charge < -0.3 is 23.7 Å². The molecule has 1 atom stereocenters. The Morgan fingerprint density at radius 2 is 1.93 bits per heavy atom. The summed E-state index contributed by atoms with van der Waals surface area (Å²) < 4.78 is 16.4. The molecule has 1 aliphatic heterocycles. The second-order valence-electron chi connectivity index (χ2n) is 7.88. The summed E-state index contributed by atoms with van der Waals surface area (Å²) in [5.74, 6) is 1.21. The molecule has 2 amide bonds. The van der Waals surface area contributed by atoms with Crippen molar-refractivity contribution >= 4 is 11.8 Å². The molecule has 160 valence electrons. The van der Waals surface area contributed by atoms with Gasteiger partial charge in [-0.25, -0.2) is 0 Å². The normalized spacial score (nSPS) is 18.2. The summed E-state index contributed by atoms with van der Waals surface area (Å²) in [5, 5.41) is 0. The van der Waals surface area contributed by atoms with Crippen LogP contribution in [0.5, 0.6) is 5.75 Å². The average Bonchev–Trinajstić information content (AvgIpc) is 3.23. The van der Waals surface area contributed by atoms with Gasteiger partial charge in [0.2, 0.25) is 5.91 Å². The highest BCUT2D eigenvalue weighted by Gasteiger charge is 2.36. The molecule has 30 heavy (non-hydrogen) atoms. The Morgan fingerprint density at radius 1 is 1.13 bits per heavy atom. The van der Waals surface area contributed by atoms with E-state index >= 15 is 0 Å². The van der Waals surface area contributed by atoms with E-state index in [1.807, 2.05) is 12.1 Å². The van der Waals surface area contributed by atoms with Crippen LogP contribution in [0.1, 0.15) is 41.8 Å². The lowest BCUT2D eigenvalue weighted by Crippen LogP contribution is -2.45. The molecule has 4 rings (SSSR count). The summed E-state index contributed by atoms with van der Waals surface area (Å²) >= 11 is 0. The van der Waals surface area contributed by atoms with E-state index in [1.165, 1.54) is 0 Å². The van der Waals surface area contributed by atoms with Gasteiger partial charge in [-0.05, 0) is 62.1 Å². The van der Waals surface area contributed by atoms with Gasteiger partial charge in [-0.15, -0.1) is 0 Å². The van der Waals surface area contributed by atoms with Crippen LogP contribution in [0.2, 0.25) is 0 Å². The smallest absolute Gasteiger partial charge is 0.254 e. The predicted octanol–water partition coefficient (Wildman–Crippen LogP) is 3.10. The summed E-state index contributed by atoms with van der Waals surface area (Å²) in [6, 6.07) is 10.8. The largest absolute Gasteiger partial charge is 0.497 e. The first kappa shape index (κ1) is 20.5. The van der Waals surface area contributed by atoms with Gasteiger partial charge in [0, 0.05) is 24.8 Å². The average molecular weight is 412 g/mol. The number of ether oxygens (including phenoxy) is 2. The van der Waals surface area contributed by atoms with Crippen molar-refractivity contribution in [1.29, 1.82) is 0 Å². The lowest BCUT2D eigenvalue weighted by atomic mass is 10.1. The van der Waals surface area contributed by atoms with Crippen LogP contribution in [-0.2, 0) is 16.1 Å². The molecule has 0 unspecified atom stereocenters. The first-order valence-electron chi connectivity index (χ1n) is 10.5. The summed E-state index contributed by atoms with van der Waals surface area (Å²) in [6.07, 6.45) is 5.46. The van der Waals surface area contributed by atoms with Gasteiger partial charge >= 0.3 is 0 Å². The van der Waals surface area contributed by atoms with E-state index in [2.05, 4.69) is 0 Å². The van der Waals surface area contributed by atoms with E-state index in [1.54, 1.807) is 47.4 Å². The van der Waals surface area contributed by atoms with E-state index < -0.39 is 0 Å². The van der Waals surface area contributed by atoms with Crippen LogP contribution in [0.15, 0.2) is 47.1 Å². The number of hydrogen-bond donors (Lipinski definition) is 0. The summed E-state index contributed by atoms with van der Waals surface area (Å²) in [5.41, 5.74) is 0.562. The fourth-order valence-electron chi connectivity index (χ4n) is 3.78. The van der Waals surface area contributed by atoms with Crippen molar-refractivity contribution in [3.8, 4) is 5.75 Å². The van der Waals surface area contributed by atoms with Crippen LogP contribution >= 0.6 is 0 Å². The predicted molar refractivity (Wildman–Crippen MR) is 110 cm³/mol. The first-order chi connectivity index (χ1) is 14.6. The van der Waals surface area contributed by atoms with Crippen molar-refractivity contribution in [2.75, 3.05) is 26.8 Å². The topological polar surface area (TPSA) is 72.2 Å². The molecule has 0 bridgehead atoms. The number of rotatable bonds is 9. The Bertz CT molecular complexity index is 839. The summed E-state index contributed by atoms with van der Waals surface area (Å²) in [6.45, 7) is 1.68. The Labute approximate surface area is 176 Å². The second-order valence-corrected chi connectivity index (χ2v) is 7.88. The molecule has 1 saturated carbocycles. The van der Waals surface area contributed by atoms with Crippen molar-refractivity contribution in [3.05, 3.63) is 54.0 Å². The van der Waals surface area contributed by atoms with Crippen molar-refractivity contribution in [2.45, 2.75) is 44.4 Å². The van der Waals surface area contributed by atoms with Gasteiger partial charge in [0.25, 0.3) is 5.91 Å². The highest BCUT2D eigenvalue weighted by Crippen LogP contribution is 2.29. The van der Waals surface area contributed by atoms with Gasteiger partial charge in [0.05, 0.1) is 26.0 Å². The molecule has 2 fully saturated rings. The molecule has 2 heterocycles. The standard InChI is InChI=1S/C23H28N2O5/c1-28-19-10-6-17(7-11-19)23(27)25(18-8-9-18)16-22(26)24(14-20-4-2-12-29-20)15-21-5-3-13-30-21/h2,4,6-7,10-12,18,21H,3,5,8-9,13-16H2,1H3/t21-/m0/s1. The van der Waals surface area contributed by atoms with Crippen LogP contribution in [0.3, 0.4) is 0 Å². The number of furan rings is 1. The molecule has 0 N–H and O–H groups in total. The minimum Gasteiger partial charge on any atom is -0.497 e. The second kappa shape index (κ2) is 9.34. The maximum Gasteiger partial charge on any atom is 0.254 e. The zero-order valence-corrected chi connectivity index (χ0v) is 17.3. The van der Waals surface area contributed by atoms with E-state index in [-0.39, 0.29) is 30.5 Å². The Hall–Kier alpha value is -2.80. The lowest BCUT2D eigenvalue weighted by Gasteiger charge is -2.29. The van der Waals surface area contributed by atoms with Crippen LogP contribution in [0.25, 0.3) is 0 Å². The van der Waals surface area contributed by atoms with Gasteiger partial charge in [0.1, 0.15) is 18.1 Å². The zero-order chi connectivity index (χ0) is 20.9. The Morgan fingerprint density at radius 3 is 2.53 bits per heavy atom. The minimum atomic E-state index is -0.122. The molecule has 1 saturated heterocycles. The minimum absolute atomic E-state index is 0.0376. The lowest BCUT2D eigenvalue weighted by molar-refractivity contribution is -0.134. The molecule has 7 nitrogen and oxygen atoms in total. The van der Waals surface area contributed by atoms with Crippen LogP contribution in [0, 0.1) is 0 Å².